The van der Waals surface area contributed by atoms with Crippen molar-refractivity contribution in [2.75, 3.05) is 6.61 Å². The third-order valence-corrected chi connectivity index (χ3v) is 1.75. The molecule has 0 saturated carbocycles. The van der Waals surface area contributed by atoms with Gasteiger partial charge in [-0.25, -0.2) is 9.18 Å². The summed E-state index contributed by atoms with van der Waals surface area (Å²) in [4.78, 5) is 10.4. The lowest BCUT2D eigenvalue weighted by molar-refractivity contribution is -0.390. The maximum atomic E-state index is 12.9. The molecule has 0 radical (unpaired) electrons. The van der Waals surface area contributed by atoms with Crippen LogP contribution in [0.15, 0.2) is 0 Å². The van der Waals surface area contributed by atoms with Gasteiger partial charge in [0, 0.05) is 0 Å². The van der Waals surface area contributed by atoms with Gasteiger partial charge >= 0.3 is 29.9 Å². The number of alkyl halides is 9. The fourth-order valence-corrected chi connectivity index (χ4v) is 0.879. The van der Waals surface area contributed by atoms with Crippen molar-refractivity contribution in [1.82, 2.24) is 0 Å². The van der Waals surface area contributed by atoms with Gasteiger partial charge in [-0.05, 0) is 6.92 Å². The zero-order valence-corrected chi connectivity index (χ0v) is 8.43. The molecule has 108 valence electrons. The van der Waals surface area contributed by atoms with E-state index in [9.17, 15) is 44.3 Å². The van der Waals surface area contributed by atoms with Crippen molar-refractivity contribution in [2.45, 2.75) is 30.9 Å². The van der Waals surface area contributed by atoms with Crippen molar-refractivity contribution >= 4 is 5.97 Å². The minimum Gasteiger partial charge on any atom is -0.461 e. The first-order valence-corrected chi connectivity index (χ1v) is 4.10. The first-order chi connectivity index (χ1) is 7.73. The highest BCUT2D eigenvalue weighted by molar-refractivity contribution is 5.79. The van der Waals surface area contributed by atoms with E-state index < -0.39 is 36.5 Å². The van der Waals surface area contributed by atoms with Crippen LogP contribution in [0.5, 0.6) is 0 Å². The molecule has 0 N–H and O–H groups in total. The molecule has 0 atom stereocenters. The number of carbonyl (C=O) groups is 1. The SMILES string of the molecule is CCOC(=O)C(F)(F)C(F)(C(F)(F)F)C(F)(F)F. The van der Waals surface area contributed by atoms with Crippen LogP contribution in [-0.2, 0) is 9.53 Å². The molecule has 0 heterocycles. The van der Waals surface area contributed by atoms with Gasteiger partial charge < -0.3 is 4.74 Å². The maximum absolute atomic E-state index is 12.9. The van der Waals surface area contributed by atoms with E-state index >= 15 is 0 Å². The Hall–Kier alpha value is -1.16. The maximum Gasteiger partial charge on any atom is 0.438 e. The zero-order valence-electron chi connectivity index (χ0n) is 8.43. The number of esters is 1. The van der Waals surface area contributed by atoms with E-state index in [1.165, 1.54) is 0 Å². The molecule has 0 fully saturated rings. The number of ether oxygens (including phenoxy) is 1. The van der Waals surface area contributed by atoms with Crippen LogP contribution >= 0.6 is 0 Å². The number of halogens is 9. The molecule has 0 rings (SSSR count). The largest absolute Gasteiger partial charge is 0.461 e. The smallest absolute Gasteiger partial charge is 0.438 e. The van der Waals surface area contributed by atoms with Crippen LogP contribution < -0.4 is 0 Å². The Morgan fingerprint density at radius 3 is 1.44 bits per heavy atom. The predicted octanol–water partition coefficient (Wildman–Crippen LogP) is 3.02. The van der Waals surface area contributed by atoms with Crippen molar-refractivity contribution in [3.05, 3.63) is 0 Å². The van der Waals surface area contributed by atoms with Gasteiger partial charge in [-0.15, -0.1) is 0 Å². The van der Waals surface area contributed by atoms with Crippen LogP contribution in [0.2, 0.25) is 0 Å². The van der Waals surface area contributed by atoms with Crippen LogP contribution in [0.1, 0.15) is 6.92 Å². The molecule has 11 heteroatoms. The van der Waals surface area contributed by atoms with E-state index in [2.05, 4.69) is 4.74 Å². The molecular weight excluding hydrogens is 287 g/mol. The van der Waals surface area contributed by atoms with E-state index in [0.717, 1.165) is 6.92 Å². The molecule has 0 saturated heterocycles. The topological polar surface area (TPSA) is 26.3 Å². The third-order valence-electron chi connectivity index (χ3n) is 1.75. The number of carbonyl (C=O) groups excluding carboxylic acids is 1. The molecule has 0 aliphatic rings. The van der Waals surface area contributed by atoms with E-state index in [0.29, 0.717) is 0 Å². The first-order valence-electron chi connectivity index (χ1n) is 4.10. The molecule has 0 aromatic heterocycles. The van der Waals surface area contributed by atoms with Gasteiger partial charge in [0.05, 0.1) is 6.61 Å². The van der Waals surface area contributed by atoms with Gasteiger partial charge in [0.25, 0.3) is 0 Å². The fraction of sp³-hybridized carbons (Fsp3) is 0.857. The summed E-state index contributed by atoms with van der Waals surface area (Å²) in [5, 5.41) is 0. The Balaban J connectivity index is 5.84. The second kappa shape index (κ2) is 4.50. The summed E-state index contributed by atoms with van der Waals surface area (Å²) < 4.78 is 113. The molecule has 0 amide bonds. The summed E-state index contributed by atoms with van der Waals surface area (Å²) in [5.41, 5.74) is -7.01. The van der Waals surface area contributed by atoms with E-state index in [1.54, 1.807) is 0 Å². The quantitative estimate of drug-likeness (QED) is 0.590. The van der Waals surface area contributed by atoms with Gasteiger partial charge in [0.1, 0.15) is 0 Å². The Morgan fingerprint density at radius 2 is 1.22 bits per heavy atom. The average molecular weight is 292 g/mol. The first kappa shape index (κ1) is 16.8. The summed E-state index contributed by atoms with van der Waals surface area (Å²) in [6, 6.07) is 0. The van der Waals surface area contributed by atoms with E-state index in [4.69, 9.17) is 0 Å². The lowest BCUT2D eigenvalue weighted by Crippen LogP contribution is -2.67. The molecule has 0 aromatic carbocycles. The monoisotopic (exact) mass is 292 g/mol. The standard InChI is InChI=1S/C7H5F9O2/c1-2-18-3(17)4(8,9)5(10,6(11,12)13)7(14,15)16/h2H2,1H3. The molecule has 0 spiro atoms. The lowest BCUT2D eigenvalue weighted by atomic mass is 9.96. The predicted molar refractivity (Wildman–Crippen MR) is 37.5 cm³/mol. The molecule has 2 nitrogen and oxygen atoms in total. The molecule has 0 aliphatic carbocycles. The van der Waals surface area contributed by atoms with Crippen LogP contribution in [0, 0.1) is 0 Å². The molecule has 0 aromatic rings. The summed E-state index contributed by atoms with van der Waals surface area (Å²) in [5.74, 6) is -9.69. The van der Waals surface area contributed by atoms with Gasteiger partial charge in [-0.2, -0.15) is 35.1 Å². The average Bonchev–Trinajstić information content (AvgIpc) is 2.12. The van der Waals surface area contributed by atoms with Crippen LogP contribution in [0.4, 0.5) is 39.5 Å². The number of hydrogen-bond acceptors (Lipinski definition) is 2. The minimum atomic E-state index is -7.04. The van der Waals surface area contributed by atoms with Crippen molar-refractivity contribution < 1.29 is 49.0 Å². The van der Waals surface area contributed by atoms with Crippen molar-refractivity contribution in [1.29, 1.82) is 0 Å². The second-order valence-electron chi connectivity index (χ2n) is 2.95. The molecule has 0 bridgehead atoms. The van der Waals surface area contributed by atoms with Crippen molar-refractivity contribution in [3.63, 3.8) is 0 Å². The highest BCUT2D eigenvalue weighted by atomic mass is 19.4. The zero-order chi connectivity index (χ0) is 15.0. The van der Waals surface area contributed by atoms with E-state index in [1.807, 2.05) is 0 Å². The Kier molecular flexibility index (Phi) is 4.21. The Bertz CT molecular complexity index is 302. The van der Waals surface area contributed by atoms with Gasteiger partial charge in [0.15, 0.2) is 0 Å². The van der Waals surface area contributed by atoms with Crippen molar-refractivity contribution in [3.8, 4) is 0 Å². The number of hydrogen-bond donors (Lipinski definition) is 0. The summed E-state index contributed by atoms with van der Waals surface area (Å²) in [6.45, 7) is -0.102. The molecule has 0 aliphatic heterocycles. The third kappa shape index (κ3) is 2.34. The molecule has 18 heavy (non-hydrogen) atoms. The normalized spacial score (nSPS) is 14.6. The lowest BCUT2D eigenvalue weighted by Gasteiger charge is -2.34. The minimum absolute atomic E-state index is 0.842. The molecular formula is C7H5F9O2. The Labute approximate surface area is 93.7 Å². The highest BCUT2D eigenvalue weighted by Gasteiger charge is 2.87. The van der Waals surface area contributed by atoms with Crippen molar-refractivity contribution in [2.24, 2.45) is 0 Å². The Morgan fingerprint density at radius 1 is 0.889 bits per heavy atom. The summed E-state index contributed by atoms with van der Waals surface area (Å²) in [6.07, 6.45) is -14.1. The number of rotatable bonds is 3. The van der Waals surface area contributed by atoms with Crippen LogP contribution in [0.3, 0.4) is 0 Å². The summed E-state index contributed by atoms with van der Waals surface area (Å²) in [7, 11) is 0. The van der Waals surface area contributed by atoms with Gasteiger partial charge in [-0.3, -0.25) is 0 Å². The molecule has 0 unspecified atom stereocenters. The summed E-state index contributed by atoms with van der Waals surface area (Å²) >= 11 is 0. The van der Waals surface area contributed by atoms with Crippen LogP contribution in [0.25, 0.3) is 0 Å². The van der Waals surface area contributed by atoms with Gasteiger partial charge in [0.2, 0.25) is 0 Å². The van der Waals surface area contributed by atoms with E-state index in [-0.39, 0.29) is 0 Å². The van der Waals surface area contributed by atoms with Gasteiger partial charge in [-0.1, -0.05) is 0 Å². The second-order valence-corrected chi connectivity index (χ2v) is 2.95. The fourth-order valence-electron chi connectivity index (χ4n) is 0.879. The van der Waals surface area contributed by atoms with Crippen LogP contribution in [-0.4, -0.2) is 36.5 Å². The highest BCUT2D eigenvalue weighted by Crippen LogP contribution is 2.54.